The summed E-state index contributed by atoms with van der Waals surface area (Å²) in [6.45, 7) is 22.7. The van der Waals surface area contributed by atoms with Crippen LogP contribution in [0, 0.1) is 0 Å². The molecule has 0 spiro atoms. The van der Waals surface area contributed by atoms with Gasteiger partial charge in [-0.15, -0.1) is 0 Å². The van der Waals surface area contributed by atoms with Crippen molar-refractivity contribution in [2.24, 2.45) is 0 Å². The van der Waals surface area contributed by atoms with Crippen molar-refractivity contribution in [3.05, 3.63) is 58.7 Å². The van der Waals surface area contributed by atoms with Crippen LogP contribution in [0.4, 0.5) is 11.4 Å². The summed E-state index contributed by atoms with van der Waals surface area (Å²) in [4.78, 5) is 0. The van der Waals surface area contributed by atoms with Crippen molar-refractivity contribution in [2.45, 2.75) is 105 Å². The monoisotopic (exact) mass is 504 g/mol. The topological polar surface area (TPSA) is 6.48 Å². The molecular formula is C28H42Cl2N2Si. The smallest absolute Gasteiger partial charge is 0.352 e. The Labute approximate surface area is 212 Å². The molecule has 0 amide bonds. The summed E-state index contributed by atoms with van der Waals surface area (Å²) in [7, 11) is -3.10. The van der Waals surface area contributed by atoms with Crippen molar-refractivity contribution in [3.8, 4) is 0 Å². The maximum atomic E-state index is 7.62. The minimum absolute atomic E-state index is 0.198. The third-order valence-electron chi connectivity index (χ3n) is 7.26. The lowest BCUT2D eigenvalue weighted by Crippen LogP contribution is -2.53. The Balaban J connectivity index is 2.31. The Bertz CT molecular complexity index is 854. The molecule has 33 heavy (non-hydrogen) atoms. The summed E-state index contributed by atoms with van der Waals surface area (Å²) < 4.78 is 4.85. The maximum Gasteiger partial charge on any atom is 0.470 e. The molecule has 1 aliphatic rings. The zero-order valence-corrected chi connectivity index (χ0v) is 24.6. The van der Waals surface area contributed by atoms with Crippen LogP contribution < -0.4 is 9.13 Å². The quantitative estimate of drug-likeness (QED) is 0.285. The Morgan fingerprint density at radius 2 is 0.818 bits per heavy atom. The zero-order valence-electron chi connectivity index (χ0n) is 22.1. The summed E-state index contributed by atoms with van der Waals surface area (Å²) in [5.41, 5.74) is 7.86. The Morgan fingerprint density at radius 3 is 1.03 bits per heavy atom. The second-order valence-corrected chi connectivity index (χ2v) is 16.6. The van der Waals surface area contributed by atoms with E-state index in [9.17, 15) is 0 Å². The number of para-hydroxylation sites is 2. The van der Waals surface area contributed by atoms with Gasteiger partial charge < -0.3 is 9.13 Å². The highest BCUT2D eigenvalue weighted by Crippen LogP contribution is 2.51. The molecule has 2 aromatic rings. The van der Waals surface area contributed by atoms with Gasteiger partial charge in [-0.25, -0.2) is 0 Å². The molecule has 0 radical (unpaired) electrons. The lowest BCUT2D eigenvalue weighted by molar-refractivity contribution is 0.636. The first-order valence-corrected chi connectivity index (χ1v) is 16.5. The van der Waals surface area contributed by atoms with Gasteiger partial charge in [0.1, 0.15) is 0 Å². The first-order valence-electron chi connectivity index (χ1n) is 12.5. The number of anilines is 2. The molecule has 0 saturated carbocycles. The molecule has 1 heterocycles. The van der Waals surface area contributed by atoms with Crippen LogP contribution in [0.2, 0.25) is 0 Å². The lowest BCUT2D eigenvalue weighted by Gasteiger charge is -2.39. The maximum absolute atomic E-state index is 7.62. The normalized spacial score (nSPS) is 20.7. The Kier molecular flexibility index (Phi) is 7.88. The predicted molar refractivity (Wildman–Crippen MR) is 151 cm³/mol. The predicted octanol–water partition coefficient (Wildman–Crippen LogP) is 9.20. The molecular weight excluding hydrogens is 463 g/mol. The summed E-state index contributed by atoms with van der Waals surface area (Å²) in [6.07, 6.45) is 0. The van der Waals surface area contributed by atoms with Gasteiger partial charge in [0, 0.05) is 23.5 Å². The summed E-state index contributed by atoms with van der Waals surface area (Å²) in [5.74, 6) is 1.57. The summed E-state index contributed by atoms with van der Waals surface area (Å²) >= 11 is 15.2. The van der Waals surface area contributed by atoms with Crippen molar-refractivity contribution in [1.29, 1.82) is 0 Å². The molecule has 0 N–H and O–H groups in total. The van der Waals surface area contributed by atoms with E-state index in [0.717, 1.165) is 0 Å². The second kappa shape index (κ2) is 9.83. The SMILES string of the molecule is CC(C)c1cccc(C(C)C)c1N1C(C)C(C)N(c2c(C(C)C)cccc2C(C)C)[Si]1(Cl)Cl. The molecule has 2 nitrogen and oxygen atoms in total. The number of hydrogen-bond acceptors (Lipinski definition) is 2. The first kappa shape index (κ1) is 26.4. The van der Waals surface area contributed by atoms with Gasteiger partial charge in [0.05, 0.1) is 0 Å². The highest BCUT2D eigenvalue weighted by atomic mass is 35.7. The standard InChI is InChI=1S/C28H42Cl2N2Si/c1-17(2)23-13-11-14-24(18(3)4)27(23)31-21(9)22(10)32(33(31,29)30)28-25(19(5)6)15-12-16-26(28)20(7)8/h11-22H,1-10H3. The van der Waals surface area contributed by atoms with Crippen LogP contribution in [-0.2, 0) is 0 Å². The third-order valence-corrected chi connectivity index (χ3v) is 11.9. The van der Waals surface area contributed by atoms with Crippen molar-refractivity contribution in [2.75, 3.05) is 9.13 Å². The molecule has 2 aromatic carbocycles. The summed E-state index contributed by atoms with van der Waals surface area (Å²) in [5, 5.41) is 0. The average molecular weight is 506 g/mol. The van der Waals surface area contributed by atoms with Crippen molar-refractivity contribution in [3.63, 3.8) is 0 Å². The zero-order chi connectivity index (χ0) is 24.8. The van der Waals surface area contributed by atoms with Crippen LogP contribution >= 0.6 is 22.2 Å². The highest BCUT2D eigenvalue weighted by molar-refractivity contribution is 7.48. The van der Waals surface area contributed by atoms with E-state index in [1.807, 2.05) is 0 Å². The molecule has 2 atom stereocenters. The van der Waals surface area contributed by atoms with E-state index < -0.39 is 7.02 Å². The fraction of sp³-hybridized carbons (Fsp3) is 0.571. The minimum Gasteiger partial charge on any atom is -0.352 e. The molecule has 1 saturated heterocycles. The van der Waals surface area contributed by atoms with Gasteiger partial charge in [0.15, 0.2) is 0 Å². The molecule has 182 valence electrons. The molecule has 1 aliphatic heterocycles. The van der Waals surface area contributed by atoms with E-state index >= 15 is 0 Å². The first-order chi connectivity index (χ1) is 15.3. The summed E-state index contributed by atoms with van der Waals surface area (Å²) in [6, 6.07) is 13.8. The van der Waals surface area contributed by atoms with E-state index in [1.165, 1.54) is 33.6 Å². The highest BCUT2D eigenvalue weighted by Gasteiger charge is 2.58. The van der Waals surface area contributed by atoms with Crippen molar-refractivity contribution < 1.29 is 0 Å². The number of halogens is 2. The van der Waals surface area contributed by atoms with Gasteiger partial charge in [-0.1, -0.05) is 114 Å². The lowest BCUT2D eigenvalue weighted by atomic mass is 9.91. The molecule has 0 aliphatic carbocycles. The van der Waals surface area contributed by atoms with Crippen molar-refractivity contribution in [1.82, 2.24) is 0 Å². The van der Waals surface area contributed by atoms with Crippen molar-refractivity contribution >= 4 is 40.5 Å². The molecule has 5 heteroatoms. The van der Waals surface area contributed by atoms with E-state index in [1.54, 1.807) is 0 Å². The minimum atomic E-state index is -3.10. The van der Waals surface area contributed by atoms with Gasteiger partial charge in [0.2, 0.25) is 0 Å². The van der Waals surface area contributed by atoms with E-state index in [-0.39, 0.29) is 12.1 Å². The van der Waals surface area contributed by atoms with Crippen LogP contribution in [0.5, 0.6) is 0 Å². The van der Waals surface area contributed by atoms with E-state index in [0.29, 0.717) is 23.7 Å². The number of hydrogen-bond donors (Lipinski definition) is 0. The van der Waals surface area contributed by atoms with Crippen LogP contribution in [0.3, 0.4) is 0 Å². The van der Waals surface area contributed by atoms with Crippen LogP contribution in [0.1, 0.15) is 115 Å². The van der Waals surface area contributed by atoms with E-state index in [2.05, 4.69) is 115 Å². The van der Waals surface area contributed by atoms with Crippen LogP contribution in [-0.4, -0.2) is 19.1 Å². The molecule has 2 unspecified atom stereocenters. The molecule has 3 rings (SSSR count). The van der Waals surface area contributed by atoms with Gasteiger partial charge in [-0.3, -0.25) is 0 Å². The van der Waals surface area contributed by atoms with Gasteiger partial charge >= 0.3 is 7.02 Å². The number of nitrogens with zero attached hydrogens (tertiary/aromatic N) is 2. The Hall–Kier alpha value is -1.16. The molecule has 1 fully saturated rings. The molecule has 0 aromatic heterocycles. The number of benzene rings is 2. The van der Waals surface area contributed by atoms with Crippen LogP contribution in [0.25, 0.3) is 0 Å². The molecule has 0 bridgehead atoms. The van der Waals surface area contributed by atoms with E-state index in [4.69, 9.17) is 22.2 Å². The van der Waals surface area contributed by atoms with Gasteiger partial charge in [-0.05, 0) is 59.8 Å². The number of rotatable bonds is 6. The Morgan fingerprint density at radius 1 is 0.576 bits per heavy atom. The van der Waals surface area contributed by atoms with Gasteiger partial charge in [0.25, 0.3) is 0 Å². The second-order valence-electron chi connectivity index (χ2n) is 10.9. The van der Waals surface area contributed by atoms with Gasteiger partial charge in [-0.2, -0.15) is 0 Å². The largest absolute Gasteiger partial charge is 0.470 e. The third kappa shape index (κ3) is 4.58. The average Bonchev–Trinajstić information content (AvgIpc) is 2.90. The fourth-order valence-electron chi connectivity index (χ4n) is 5.29. The fourth-order valence-corrected chi connectivity index (χ4v) is 10.9. The van der Waals surface area contributed by atoms with Crippen LogP contribution in [0.15, 0.2) is 36.4 Å².